The topological polar surface area (TPSA) is 12.9 Å². The molecule has 0 aromatic carbocycles. The van der Waals surface area contributed by atoms with Crippen molar-refractivity contribution in [2.45, 2.75) is 5.03 Å². The second-order valence-electron chi connectivity index (χ2n) is 1.25. The summed E-state index contributed by atoms with van der Waals surface area (Å²) in [5.41, 5.74) is 0. The molecule has 0 radical (unpaired) electrons. The minimum atomic E-state index is 0.158. The number of aromatic nitrogens is 1. The van der Waals surface area contributed by atoms with E-state index in [4.69, 9.17) is 0 Å². The van der Waals surface area contributed by atoms with E-state index in [-0.39, 0.29) is 12.1 Å². The highest BCUT2D eigenvalue weighted by atomic mass is 32.2. The minimum absolute atomic E-state index is 0.158. The van der Waals surface area contributed by atoms with Gasteiger partial charge in [0.25, 0.3) is 0 Å². The standard InChI is InChI=1S/C5H4FNS/c6-8-5-3-1-2-4-7-5/h1-4H. The van der Waals surface area contributed by atoms with Crippen molar-refractivity contribution in [3.63, 3.8) is 0 Å². The van der Waals surface area contributed by atoms with Crippen LogP contribution < -0.4 is 0 Å². The van der Waals surface area contributed by atoms with Crippen LogP contribution in [0.4, 0.5) is 3.89 Å². The molecule has 0 saturated heterocycles. The fourth-order valence-corrected chi connectivity index (χ4v) is 0.623. The Morgan fingerprint density at radius 3 is 2.75 bits per heavy atom. The van der Waals surface area contributed by atoms with Crippen LogP contribution in [-0.4, -0.2) is 4.98 Å². The highest BCUT2D eigenvalue weighted by Crippen LogP contribution is 2.13. The number of hydrogen-bond acceptors (Lipinski definition) is 2. The molecule has 1 aromatic rings. The summed E-state index contributed by atoms with van der Waals surface area (Å²) in [4.78, 5) is 3.69. The molecule has 1 nitrogen and oxygen atoms in total. The Bertz CT molecular complexity index is 154. The molecule has 0 aliphatic carbocycles. The molecule has 0 saturated carbocycles. The molecule has 3 heteroatoms. The van der Waals surface area contributed by atoms with Crippen molar-refractivity contribution in [2.24, 2.45) is 0 Å². The normalized spacial score (nSPS) is 9.12. The van der Waals surface area contributed by atoms with E-state index < -0.39 is 0 Å². The van der Waals surface area contributed by atoms with E-state index in [0.717, 1.165) is 0 Å². The van der Waals surface area contributed by atoms with Crippen LogP contribution in [0.5, 0.6) is 0 Å². The molecule has 0 aliphatic rings. The Morgan fingerprint density at radius 1 is 1.50 bits per heavy atom. The van der Waals surface area contributed by atoms with E-state index in [1.54, 1.807) is 24.4 Å². The van der Waals surface area contributed by atoms with Gasteiger partial charge in [-0.2, -0.15) is 3.89 Å². The van der Waals surface area contributed by atoms with E-state index >= 15 is 0 Å². The van der Waals surface area contributed by atoms with Crippen LogP contribution in [0.2, 0.25) is 0 Å². The Kier molecular flexibility index (Phi) is 1.86. The van der Waals surface area contributed by atoms with Gasteiger partial charge in [0, 0.05) is 6.20 Å². The van der Waals surface area contributed by atoms with Crippen LogP contribution in [0.15, 0.2) is 29.4 Å². The summed E-state index contributed by atoms with van der Waals surface area (Å²) in [5.74, 6) is 0. The van der Waals surface area contributed by atoms with Crippen LogP contribution in [0.1, 0.15) is 0 Å². The molecule has 1 heterocycles. The SMILES string of the molecule is FSc1ccccn1. The number of halogens is 1. The van der Waals surface area contributed by atoms with Gasteiger partial charge in [0.15, 0.2) is 0 Å². The predicted molar refractivity (Wildman–Crippen MR) is 31.2 cm³/mol. The Labute approximate surface area is 51.2 Å². The zero-order valence-corrected chi connectivity index (χ0v) is 4.86. The zero-order chi connectivity index (χ0) is 5.82. The van der Waals surface area contributed by atoms with Gasteiger partial charge in [-0.3, -0.25) is 0 Å². The molecule has 0 unspecified atom stereocenters. The molecule has 0 aliphatic heterocycles. The first-order chi connectivity index (χ1) is 3.93. The second kappa shape index (κ2) is 2.67. The molecule has 0 bridgehead atoms. The lowest BCUT2D eigenvalue weighted by Gasteiger charge is -1.84. The molecule has 8 heavy (non-hydrogen) atoms. The van der Waals surface area contributed by atoms with Gasteiger partial charge >= 0.3 is 0 Å². The van der Waals surface area contributed by atoms with E-state index in [9.17, 15) is 3.89 Å². The fraction of sp³-hybridized carbons (Fsp3) is 0. The van der Waals surface area contributed by atoms with Gasteiger partial charge in [-0.1, -0.05) is 6.07 Å². The zero-order valence-electron chi connectivity index (χ0n) is 4.04. The summed E-state index contributed by atoms with van der Waals surface area (Å²) < 4.78 is 11.6. The van der Waals surface area contributed by atoms with Crippen molar-refractivity contribution < 1.29 is 3.89 Å². The van der Waals surface area contributed by atoms with Gasteiger partial charge in [-0.25, -0.2) is 4.98 Å². The summed E-state index contributed by atoms with van der Waals surface area (Å²) in [5, 5.41) is 0.410. The van der Waals surface area contributed by atoms with Gasteiger partial charge in [-0.05, 0) is 12.1 Å². The smallest absolute Gasteiger partial charge is 0.129 e. The second-order valence-corrected chi connectivity index (χ2v) is 1.82. The molecule has 42 valence electrons. The third-order valence-electron chi connectivity index (χ3n) is 0.717. The van der Waals surface area contributed by atoms with Gasteiger partial charge in [-0.15, -0.1) is 0 Å². The van der Waals surface area contributed by atoms with Crippen molar-refractivity contribution >= 4 is 12.1 Å². The average molecular weight is 129 g/mol. The van der Waals surface area contributed by atoms with Crippen LogP contribution in [-0.2, 0) is 0 Å². The molecular weight excluding hydrogens is 125 g/mol. The molecule has 0 fully saturated rings. The van der Waals surface area contributed by atoms with Crippen molar-refractivity contribution in [1.82, 2.24) is 4.98 Å². The van der Waals surface area contributed by atoms with E-state index in [1.165, 1.54) is 0 Å². The molecule has 0 N–H and O–H groups in total. The van der Waals surface area contributed by atoms with E-state index in [1.807, 2.05) is 0 Å². The quantitative estimate of drug-likeness (QED) is 0.575. The molecule has 1 rings (SSSR count). The molecule has 1 aromatic heterocycles. The van der Waals surface area contributed by atoms with E-state index in [2.05, 4.69) is 4.98 Å². The van der Waals surface area contributed by atoms with Crippen molar-refractivity contribution in [2.75, 3.05) is 0 Å². The van der Waals surface area contributed by atoms with Crippen LogP contribution in [0.25, 0.3) is 0 Å². The summed E-state index contributed by atoms with van der Waals surface area (Å²) in [7, 11) is 0. The molecular formula is C5H4FNS. The van der Waals surface area contributed by atoms with Gasteiger partial charge in [0.05, 0.1) is 0 Å². The maximum atomic E-state index is 11.6. The Balaban J connectivity index is 2.83. The third-order valence-corrected chi connectivity index (χ3v) is 1.12. The van der Waals surface area contributed by atoms with Gasteiger partial charge in [0.2, 0.25) is 0 Å². The lowest BCUT2D eigenvalue weighted by atomic mass is 10.5. The lowest BCUT2D eigenvalue weighted by molar-refractivity contribution is 0.919. The first-order valence-electron chi connectivity index (χ1n) is 2.13. The lowest BCUT2D eigenvalue weighted by Crippen LogP contribution is -1.70. The summed E-state index contributed by atoms with van der Waals surface area (Å²) >= 11 is 0.158. The molecule has 0 atom stereocenters. The van der Waals surface area contributed by atoms with Gasteiger partial charge in [0.1, 0.15) is 17.2 Å². The van der Waals surface area contributed by atoms with E-state index in [0.29, 0.717) is 5.03 Å². The predicted octanol–water partition coefficient (Wildman–Crippen LogP) is 2.06. The maximum Gasteiger partial charge on any atom is 0.129 e. The summed E-state index contributed by atoms with van der Waals surface area (Å²) in [6.45, 7) is 0. The average Bonchev–Trinajstić information content (AvgIpc) is 1.90. The van der Waals surface area contributed by atoms with Crippen molar-refractivity contribution in [1.29, 1.82) is 0 Å². The van der Waals surface area contributed by atoms with Gasteiger partial charge < -0.3 is 0 Å². The van der Waals surface area contributed by atoms with Crippen LogP contribution in [0, 0.1) is 0 Å². The highest BCUT2D eigenvalue weighted by Gasteiger charge is 1.86. The minimum Gasteiger partial charge on any atom is -0.247 e. The first kappa shape index (κ1) is 5.56. The molecule has 0 spiro atoms. The van der Waals surface area contributed by atoms with Crippen LogP contribution in [0.3, 0.4) is 0 Å². The number of hydrogen-bond donors (Lipinski definition) is 0. The number of nitrogens with zero attached hydrogens (tertiary/aromatic N) is 1. The fourth-order valence-electron chi connectivity index (χ4n) is 0.393. The third kappa shape index (κ3) is 1.20. The Morgan fingerprint density at radius 2 is 2.38 bits per heavy atom. The van der Waals surface area contributed by atoms with Crippen molar-refractivity contribution in [3.05, 3.63) is 24.4 Å². The Hall–Kier alpha value is -0.570. The molecule has 0 amide bonds. The maximum absolute atomic E-state index is 11.6. The summed E-state index contributed by atoms with van der Waals surface area (Å²) in [6.07, 6.45) is 1.56. The highest BCUT2D eigenvalue weighted by molar-refractivity contribution is 7.94. The van der Waals surface area contributed by atoms with Crippen LogP contribution >= 0.6 is 12.1 Å². The largest absolute Gasteiger partial charge is 0.247 e. The number of rotatable bonds is 1. The first-order valence-corrected chi connectivity index (χ1v) is 2.85. The number of pyridine rings is 1. The monoisotopic (exact) mass is 129 g/mol. The van der Waals surface area contributed by atoms with Crippen molar-refractivity contribution in [3.8, 4) is 0 Å². The summed E-state index contributed by atoms with van der Waals surface area (Å²) in [6, 6.07) is 5.11.